The molecule has 0 aliphatic rings. The average Bonchev–Trinajstić information content (AvgIpc) is 2.20. The molecule has 0 fully saturated rings. The van der Waals surface area contributed by atoms with Crippen LogP contribution in [0, 0.1) is 12.8 Å². The molecule has 1 aromatic rings. The largest absolute Gasteiger partial charge is 0.381 e. The molecule has 14 heavy (non-hydrogen) atoms. The van der Waals surface area contributed by atoms with Crippen molar-refractivity contribution >= 4 is 5.69 Å². The lowest BCUT2D eigenvalue weighted by Crippen LogP contribution is -2.23. The van der Waals surface area contributed by atoms with Crippen LogP contribution in [0.3, 0.4) is 0 Å². The minimum atomic E-state index is 0.504. The van der Waals surface area contributed by atoms with E-state index in [2.05, 4.69) is 37.1 Å². The first-order chi connectivity index (χ1) is 6.63. The molecule has 0 saturated heterocycles. The van der Waals surface area contributed by atoms with Crippen molar-refractivity contribution in [2.45, 2.75) is 40.2 Å². The Morgan fingerprint density at radius 1 is 1.36 bits per heavy atom. The van der Waals surface area contributed by atoms with E-state index in [1.807, 2.05) is 19.2 Å². The molecule has 0 bridgehead atoms. The smallest absolute Gasteiger partial charge is 0.0529 e. The first-order valence-electron chi connectivity index (χ1n) is 5.32. The van der Waals surface area contributed by atoms with Crippen molar-refractivity contribution in [2.75, 3.05) is 5.32 Å². The minimum Gasteiger partial charge on any atom is -0.381 e. The summed E-state index contributed by atoms with van der Waals surface area (Å²) in [7, 11) is 0. The second-order valence-electron chi connectivity index (χ2n) is 4.01. The second-order valence-corrected chi connectivity index (χ2v) is 4.01. The molecular formula is C12H20N2. The van der Waals surface area contributed by atoms with Gasteiger partial charge in [0.25, 0.3) is 0 Å². The van der Waals surface area contributed by atoms with Crippen LogP contribution in [0.2, 0.25) is 0 Å². The van der Waals surface area contributed by atoms with E-state index in [1.54, 1.807) is 0 Å². The third kappa shape index (κ3) is 3.02. The van der Waals surface area contributed by atoms with Gasteiger partial charge in [0.2, 0.25) is 0 Å². The second kappa shape index (κ2) is 4.99. The van der Waals surface area contributed by atoms with E-state index < -0.39 is 0 Å². The van der Waals surface area contributed by atoms with Crippen molar-refractivity contribution in [1.82, 2.24) is 4.98 Å². The summed E-state index contributed by atoms with van der Waals surface area (Å²) in [5, 5.41) is 3.46. The topological polar surface area (TPSA) is 24.9 Å². The normalized spacial score (nSPS) is 14.9. The average molecular weight is 192 g/mol. The molecule has 0 spiro atoms. The van der Waals surface area contributed by atoms with E-state index in [4.69, 9.17) is 0 Å². The first-order valence-corrected chi connectivity index (χ1v) is 5.32. The van der Waals surface area contributed by atoms with Gasteiger partial charge in [0.05, 0.1) is 11.9 Å². The van der Waals surface area contributed by atoms with Crippen molar-refractivity contribution in [3.05, 3.63) is 24.0 Å². The molecule has 0 saturated carbocycles. The highest BCUT2D eigenvalue weighted by molar-refractivity contribution is 5.41. The molecule has 0 aliphatic carbocycles. The minimum absolute atomic E-state index is 0.504. The van der Waals surface area contributed by atoms with Gasteiger partial charge in [-0.25, -0.2) is 0 Å². The third-order valence-electron chi connectivity index (χ3n) is 2.80. The standard InChI is InChI=1S/C12H20N2/c1-5-9(2)11(4)14-12-7-6-10(3)13-8-12/h6-9,11,14H,5H2,1-4H3/t9-,11+/m1/s1. The fraction of sp³-hybridized carbons (Fsp3) is 0.583. The molecule has 2 atom stereocenters. The summed E-state index contributed by atoms with van der Waals surface area (Å²) >= 11 is 0. The predicted molar refractivity (Wildman–Crippen MR) is 61.5 cm³/mol. The van der Waals surface area contributed by atoms with Gasteiger partial charge in [-0.3, -0.25) is 4.98 Å². The fourth-order valence-corrected chi connectivity index (χ4v) is 1.31. The van der Waals surface area contributed by atoms with Crippen LogP contribution in [0.15, 0.2) is 18.3 Å². The molecule has 78 valence electrons. The molecule has 0 aliphatic heterocycles. The molecule has 1 heterocycles. The number of rotatable bonds is 4. The summed E-state index contributed by atoms with van der Waals surface area (Å²) in [6.07, 6.45) is 3.10. The number of hydrogen-bond donors (Lipinski definition) is 1. The van der Waals surface area contributed by atoms with Crippen molar-refractivity contribution in [3.8, 4) is 0 Å². The zero-order valence-corrected chi connectivity index (χ0v) is 9.54. The highest BCUT2D eigenvalue weighted by Crippen LogP contribution is 2.13. The van der Waals surface area contributed by atoms with Crippen molar-refractivity contribution in [1.29, 1.82) is 0 Å². The zero-order chi connectivity index (χ0) is 10.6. The van der Waals surface area contributed by atoms with Gasteiger partial charge in [0, 0.05) is 11.7 Å². The van der Waals surface area contributed by atoms with Gasteiger partial charge in [-0.1, -0.05) is 20.3 Å². The van der Waals surface area contributed by atoms with E-state index in [0.29, 0.717) is 12.0 Å². The molecule has 2 nitrogen and oxygen atoms in total. The third-order valence-corrected chi connectivity index (χ3v) is 2.80. The number of aryl methyl sites for hydroxylation is 1. The predicted octanol–water partition coefficient (Wildman–Crippen LogP) is 3.24. The lowest BCUT2D eigenvalue weighted by Gasteiger charge is -2.20. The Hall–Kier alpha value is -1.05. The zero-order valence-electron chi connectivity index (χ0n) is 9.54. The number of nitrogens with zero attached hydrogens (tertiary/aromatic N) is 1. The summed E-state index contributed by atoms with van der Waals surface area (Å²) in [6.45, 7) is 8.70. The summed E-state index contributed by atoms with van der Waals surface area (Å²) in [6, 6.07) is 4.62. The Bertz CT molecular complexity index is 266. The Kier molecular flexibility index (Phi) is 3.93. The molecule has 1 rings (SSSR count). The lowest BCUT2D eigenvalue weighted by atomic mass is 10.0. The van der Waals surface area contributed by atoms with Gasteiger partial charge in [0.15, 0.2) is 0 Å². The number of nitrogens with one attached hydrogen (secondary N) is 1. The SMILES string of the molecule is CC[C@@H](C)[C@H](C)Nc1ccc(C)nc1. The number of hydrogen-bond acceptors (Lipinski definition) is 2. The molecule has 2 heteroatoms. The Morgan fingerprint density at radius 3 is 2.57 bits per heavy atom. The van der Waals surface area contributed by atoms with Crippen LogP contribution in [0.4, 0.5) is 5.69 Å². The molecule has 1 aromatic heterocycles. The molecule has 1 N–H and O–H groups in total. The van der Waals surface area contributed by atoms with Crippen LogP contribution in [-0.4, -0.2) is 11.0 Å². The van der Waals surface area contributed by atoms with Crippen molar-refractivity contribution in [3.63, 3.8) is 0 Å². The lowest BCUT2D eigenvalue weighted by molar-refractivity contribution is 0.494. The van der Waals surface area contributed by atoms with Gasteiger partial charge in [-0.05, 0) is 31.9 Å². The van der Waals surface area contributed by atoms with Crippen LogP contribution in [-0.2, 0) is 0 Å². The van der Waals surface area contributed by atoms with Gasteiger partial charge in [-0.15, -0.1) is 0 Å². The highest BCUT2D eigenvalue weighted by atomic mass is 14.9. The van der Waals surface area contributed by atoms with Gasteiger partial charge < -0.3 is 5.32 Å². The number of anilines is 1. The van der Waals surface area contributed by atoms with E-state index in [-0.39, 0.29) is 0 Å². The molecule has 0 radical (unpaired) electrons. The first kappa shape index (κ1) is 11.0. The highest BCUT2D eigenvalue weighted by Gasteiger charge is 2.09. The maximum atomic E-state index is 4.25. The number of aromatic nitrogens is 1. The van der Waals surface area contributed by atoms with Crippen LogP contribution >= 0.6 is 0 Å². The Morgan fingerprint density at radius 2 is 2.07 bits per heavy atom. The van der Waals surface area contributed by atoms with E-state index in [1.165, 1.54) is 6.42 Å². The molecule has 0 amide bonds. The van der Waals surface area contributed by atoms with E-state index in [9.17, 15) is 0 Å². The maximum absolute atomic E-state index is 4.25. The van der Waals surface area contributed by atoms with Crippen LogP contribution in [0.1, 0.15) is 32.9 Å². The van der Waals surface area contributed by atoms with Crippen LogP contribution < -0.4 is 5.32 Å². The monoisotopic (exact) mass is 192 g/mol. The molecule has 0 aromatic carbocycles. The Labute approximate surface area is 86.8 Å². The Balaban J connectivity index is 2.56. The van der Waals surface area contributed by atoms with Crippen molar-refractivity contribution in [2.24, 2.45) is 5.92 Å². The van der Waals surface area contributed by atoms with E-state index >= 15 is 0 Å². The van der Waals surface area contributed by atoms with Crippen molar-refractivity contribution < 1.29 is 0 Å². The quantitative estimate of drug-likeness (QED) is 0.792. The van der Waals surface area contributed by atoms with Crippen LogP contribution in [0.5, 0.6) is 0 Å². The maximum Gasteiger partial charge on any atom is 0.0529 e. The number of pyridine rings is 1. The summed E-state index contributed by atoms with van der Waals surface area (Å²) < 4.78 is 0. The van der Waals surface area contributed by atoms with Crippen LogP contribution in [0.25, 0.3) is 0 Å². The molecule has 0 unspecified atom stereocenters. The summed E-state index contributed by atoms with van der Waals surface area (Å²) in [5.41, 5.74) is 2.18. The fourth-order valence-electron chi connectivity index (χ4n) is 1.31. The molecular weight excluding hydrogens is 172 g/mol. The van der Waals surface area contributed by atoms with Gasteiger partial charge in [0.1, 0.15) is 0 Å². The van der Waals surface area contributed by atoms with E-state index in [0.717, 1.165) is 11.4 Å². The van der Waals surface area contributed by atoms with Gasteiger partial charge in [-0.2, -0.15) is 0 Å². The summed E-state index contributed by atoms with van der Waals surface area (Å²) in [4.78, 5) is 4.25. The summed E-state index contributed by atoms with van der Waals surface area (Å²) in [5.74, 6) is 0.691. The van der Waals surface area contributed by atoms with Gasteiger partial charge >= 0.3 is 0 Å².